The molecule has 1 saturated carbocycles. The Morgan fingerprint density at radius 2 is 1.38 bits per heavy atom. The third kappa shape index (κ3) is 5.43. The second-order valence-electron chi connectivity index (χ2n) is 7.58. The predicted octanol–water partition coefficient (Wildman–Crippen LogP) is 7.67. The van der Waals surface area contributed by atoms with E-state index in [1.807, 2.05) is 12.1 Å². The average molecular weight is 376 g/mol. The van der Waals surface area contributed by atoms with Crippen LogP contribution < -0.4 is 0 Å². The van der Waals surface area contributed by atoms with Crippen LogP contribution in [0.2, 0.25) is 0 Å². The quantitative estimate of drug-likeness (QED) is 0.322. The molecule has 0 unspecified atom stereocenters. The van der Waals surface area contributed by atoms with Gasteiger partial charge in [-0.1, -0.05) is 56.9 Å². The fourth-order valence-corrected chi connectivity index (χ4v) is 3.91. The molecule has 148 valence electrons. The molecular formula is C21H29F5. The number of hydrogen-bond acceptors (Lipinski definition) is 0. The Kier molecular flexibility index (Phi) is 7.48. The molecule has 0 radical (unpaired) electrons. The Labute approximate surface area is 153 Å². The van der Waals surface area contributed by atoms with Crippen LogP contribution in [0, 0.1) is 5.92 Å². The molecule has 0 spiro atoms. The highest BCUT2D eigenvalue weighted by molar-refractivity contribution is 5.26. The van der Waals surface area contributed by atoms with Crippen molar-refractivity contribution < 1.29 is 22.0 Å². The van der Waals surface area contributed by atoms with Crippen molar-refractivity contribution in [3.05, 3.63) is 35.4 Å². The van der Waals surface area contributed by atoms with Crippen molar-refractivity contribution in [3.63, 3.8) is 0 Å². The van der Waals surface area contributed by atoms with Gasteiger partial charge in [-0.15, -0.1) is 0 Å². The zero-order valence-electron chi connectivity index (χ0n) is 15.4. The van der Waals surface area contributed by atoms with Gasteiger partial charge in [-0.2, -0.15) is 22.0 Å². The topological polar surface area (TPSA) is 0 Å². The van der Waals surface area contributed by atoms with Gasteiger partial charge in [0.1, 0.15) is 0 Å². The van der Waals surface area contributed by atoms with Crippen molar-refractivity contribution in [2.75, 3.05) is 0 Å². The van der Waals surface area contributed by atoms with Crippen LogP contribution in [0.5, 0.6) is 0 Å². The molecular weight excluding hydrogens is 347 g/mol. The second-order valence-corrected chi connectivity index (χ2v) is 7.58. The summed E-state index contributed by atoms with van der Waals surface area (Å²) in [5, 5.41) is 0. The molecule has 26 heavy (non-hydrogen) atoms. The molecule has 0 heterocycles. The summed E-state index contributed by atoms with van der Waals surface area (Å²) in [6, 6.07) is 8.19. The maximum atomic E-state index is 13.5. The highest BCUT2D eigenvalue weighted by Gasteiger charge is 2.62. The minimum Gasteiger partial charge on any atom is -0.196 e. The first-order chi connectivity index (χ1) is 12.3. The first-order valence-corrected chi connectivity index (χ1v) is 9.79. The smallest absolute Gasteiger partial charge is 0.196 e. The Bertz CT molecular complexity index is 524. The normalized spacial score (nSPS) is 21.8. The van der Waals surface area contributed by atoms with Crippen LogP contribution >= 0.6 is 0 Å². The number of unbranched alkanes of at least 4 members (excludes halogenated alkanes) is 4. The molecule has 1 aliphatic carbocycles. The molecule has 1 aromatic rings. The molecule has 0 aromatic heterocycles. The van der Waals surface area contributed by atoms with Gasteiger partial charge in [-0.25, -0.2) is 0 Å². The number of alkyl halides is 5. The fourth-order valence-electron chi connectivity index (χ4n) is 3.91. The van der Waals surface area contributed by atoms with Crippen molar-refractivity contribution >= 4 is 0 Å². The van der Waals surface area contributed by atoms with Gasteiger partial charge in [0.25, 0.3) is 0 Å². The lowest BCUT2D eigenvalue weighted by atomic mass is 9.76. The summed E-state index contributed by atoms with van der Waals surface area (Å²) in [5.41, 5.74) is 2.33. The van der Waals surface area contributed by atoms with Crippen molar-refractivity contribution in [2.24, 2.45) is 5.92 Å². The summed E-state index contributed by atoms with van der Waals surface area (Å²) in [7, 11) is 0. The van der Waals surface area contributed by atoms with E-state index in [-0.39, 0.29) is 18.8 Å². The van der Waals surface area contributed by atoms with E-state index in [1.165, 1.54) is 31.2 Å². The lowest BCUT2D eigenvalue weighted by Gasteiger charge is -2.34. The molecule has 0 nitrogen and oxygen atoms in total. The molecule has 0 aliphatic heterocycles. The molecule has 5 heteroatoms. The lowest BCUT2D eigenvalue weighted by molar-refractivity contribution is -0.305. The van der Waals surface area contributed by atoms with Crippen molar-refractivity contribution in [3.8, 4) is 0 Å². The predicted molar refractivity (Wildman–Crippen MR) is 94.6 cm³/mol. The highest BCUT2D eigenvalue weighted by Crippen LogP contribution is 2.49. The Balaban J connectivity index is 1.82. The van der Waals surface area contributed by atoms with Crippen LogP contribution in [0.25, 0.3) is 0 Å². The van der Waals surface area contributed by atoms with Gasteiger partial charge in [0.15, 0.2) is 0 Å². The molecule has 0 bridgehead atoms. The number of rotatable bonds is 8. The molecule has 1 aromatic carbocycles. The summed E-state index contributed by atoms with van der Waals surface area (Å²) >= 11 is 0. The molecule has 1 fully saturated rings. The van der Waals surface area contributed by atoms with Gasteiger partial charge in [-0.3, -0.25) is 0 Å². The summed E-state index contributed by atoms with van der Waals surface area (Å²) in [4.78, 5) is 0. The van der Waals surface area contributed by atoms with Gasteiger partial charge in [0.2, 0.25) is 0 Å². The van der Waals surface area contributed by atoms with E-state index in [2.05, 4.69) is 19.1 Å². The minimum atomic E-state index is -5.44. The van der Waals surface area contributed by atoms with Gasteiger partial charge >= 0.3 is 12.1 Å². The standard InChI is InChI=1S/C21H29F5/c1-2-3-4-5-6-7-16-8-10-17(11-9-16)18-12-14-19(15-13-18)20(22,23)21(24,25)26/h8-11,18-19H,2-7,12-15H2,1H3/t18-,19-. The molecule has 0 amide bonds. The number of benzene rings is 1. The third-order valence-electron chi connectivity index (χ3n) is 5.64. The van der Waals surface area contributed by atoms with Crippen molar-refractivity contribution in [2.45, 2.75) is 89.1 Å². The van der Waals surface area contributed by atoms with Crippen molar-refractivity contribution in [1.29, 1.82) is 0 Å². The lowest BCUT2D eigenvalue weighted by Crippen LogP contribution is -2.44. The summed E-state index contributed by atoms with van der Waals surface area (Å²) in [6.45, 7) is 2.19. The Morgan fingerprint density at radius 3 is 1.92 bits per heavy atom. The van der Waals surface area contributed by atoms with E-state index < -0.39 is 18.0 Å². The van der Waals surface area contributed by atoms with Crippen LogP contribution in [-0.2, 0) is 6.42 Å². The van der Waals surface area contributed by atoms with Crippen LogP contribution in [0.1, 0.15) is 81.8 Å². The summed E-state index contributed by atoms with van der Waals surface area (Å²) in [6.07, 6.45) is 2.40. The molecule has 1 aliphatic rings. The molecule has 0 atom stereocenters. The van der Waals surface area contributed by atoms with Crippen LogP contribution in [0.3, 0.4) is 0 Å². The minimum absolute atomic E-state index is 0.0731. The third-order valence-corrected chi connectivity index (χ3v) is 5.64. The van der Waals surface area contributed by atoms with Crippen molar-refractivity contribution in [1.82, 2.24) is 0 Å². The number of hydrogen-bond donors (Lipinski definition) is 0. The van der Waals surface area contributed by atoms with Gasteiger partial charge < -0.3 is 0 Å². The largest absolute Gasteiger partial charge is 0.453 e. The monoisotopic (exact) mass is 376 g/mol. The van der Waals surface area contributed by atoms with E-state index in [9.17, 15) is 22.0 Å². The zero-order valence-corrected chi connectivity index (χ0v) is 15.4. The summed E-state index contributed by atoms with van der Waals surface area (Å²) in [5.74, 6) is -6.06. The highest BCUT2D eigenvalue weighted by atomic mass is 19.4. The van der Waals surface area contributed by atoms with E-state index in [0.717, 1.165) is 18.4 Å². The molecule has 0 N–H and O–H groups in total. The van der Waals surface area contributed by atoms with E-state index in [4.69, 9.17) is 0 Å². The van der Waals surface area contributed by atoms with Gasteiger partial charge in [0.05, 0.1) is 0 Å². The fraction of sp³-hybridized carbons (Fsp3) is 0.714. The first kappa shape index (κ1) is 21.2. The molecule has 0 saturated heterocycles. The Morgan fingerprint density at radius 1 is 0.808 bits per heavy atom. The van der Waals surface area contributed by atoms with Crippen LogP contribution in [0.15, 0.2) is 24.3 Å². The second kappa shape index (κ2) is 9.18. The van der Waals surface area contributed by atoms with E-state index in [0.29, 0.717) is 12.8 Å². The first-order valence-electron chi connectivity index (χ1n) is 9.79. The average Bonchev–Trinajstić information content (AvgIpc) is 2.61. The SMILES string of the molecule is CCCCCCCc1ccc([C@H]2CC[C@H](C(F)(F)C(F)(F)F)CC2)cc1. The Hall–Kier alpha value is -1.13. The van der Waals surface area contributed by atoms with Gasteiger partial charge in [0, 0.05) is 5.92 Å². The number of halogens is 5. The van der Waals surface area contributed by atoms with E-state index >= 15 is 0 Å². The molecule has 2 rings (SSSR count). The van der Waals surface area contributed by atoms with Crippen LogP contribution in [-0.4, -0.2) is 12.1 Å². The van der Waals surface area contributed by atoms with Gasteiger partial charge in [-0.05, 0) is 55.6 Å². The zero-order chi connectivity index (χ0) is 19.2. The maximum absolute atomic E-state index is 13.5. The summed E-state index contributed by atoms with van der Waals surface area (Å²) < 4.78 is 64.4. The van der Waals surface area contributed by atoms with Crippen LogP contribution in [0.4, 0.5) is 22.0 Å². The maximum Gasteiger partial charge on any atom is 0.453 e. The van der Waals surface area contributed by atoms with E-state index in [1.54, 1.807) is 0 Å². The number of aryl methyl sites for hydroxylation is 1.